The maximum absolute atomic E-state index is 13.7. The van der Waals surface area contributed by atoms with Crippen LogP contribution in [-0.2, 0) is 16.4 Å². The van der Waals surface area contributed by atoms with Gasteiger partial charge < -0.3 is 9.80 Å². The van der Waals surface area contributed by atoms with E-state index in [1.807, 2.05) is 12.1 Å². The van der Waals surface area contributed by atoms with Crippen molar-refractivity contribution in [1.29, 1.82) is 0 Å². The largest absolute Gasteiger partial charge is 0.325 e. The quantitative estimate of drug-likeness (QED) is 0.763. The molecule has 166 valence electrons. The summed E-state index contributed by atoms with van der Waals surface area (Å²) in [5.74, 6) is -1.31. The Morgan fingerprint density at radius 3 is 2.39 bits per heavy atom. The van der Waals surface area contributed by atoms with Gasteiger partial charge in [0.25, 0.3) is 0 Å². The number of hydrogen-bond donors (Lipinski definition) is 1. The van der Waals surface area contributed by atoms with Crippen molar-refractivity contribution in [2.75, 3.05) is 25.9 Å². The van der Waals surface area contributed by atoms with Crippen LogP contribution in [0.5, 0.6) is 0 Å². The molecule has 6 nitrogen and oxygen atoms in total. The summed E-state index contributed by atoms with van der Waals surface area (Å²) in [5.41, 5.74) is 1.93. The van der Waals surface area contributed by atoms with Gasteiger partial charge in [-0.25, -0.2) is 26.7 Å². The number of nitrogens with one attached hydrogen (secondary N) is 1. The highest BCUT2D eigenvalue weighted by molar-refractivity contribution is 7.88. The number of urea groups is 1. The Hall–Kier alpha value is -2.52. The summed E-state index contributed by atoms with van der Waals surface area (Å²) in [6, 6.07) is 9.82. The van der Waals surface area contributed by atoms with E-state index in [0.29, 0.717) is 43.6 Å². The summed E-state index contributed by atoms with van der Waals surface area (Å²) in [6.07, 6.45) is 3.05. The maximum Gasteiger partial charge on any atom is 0.320 e. The molecule has 9 heteroatoms. The van der Waals surface area contributed by atoms with Gasteiger partial charge in [-0.1, -0.05) is 24.3 Å². The minimum atomic E-state index is -3.44. The summed E-state index contributed by atoms with van der Waals surface area (Å²) in [5, 5.41) is 0. The SMILES string of the molecule is CS(=O)(=O)N[C@H]1CCN(C(=O)N2CCC2)[C@H]1Cc1cccc(-c2cc(F)cc(F)c2)c1. The average molecular weight is 450 g/mol. The normalized spacial score (nSPS) is 21.3. The molecule has 2 saturated heterocycles. The number of carbonyl (C=O) groups is 1. The molecule has 2 heterocycles. The predicted molar refractivity (Wildman–Crippen MR) is 114 cm³/mol. The van der Waals surface area contributed by atoms with Crippen molar-refractivity contribution in [2.45, 2.75) is 31.3 Å². The second kappa shape index (κ2) is 8.55. The van der Waals surface area contributed by atoms with Gasteiger partial charge in [0.1, 0.15) is 11.6 Å². The lowest BCUT2D eigenvalue weighted by Crippen LogP contribution is -2.54. The van der Waals surface area contributed by atoms with Crippen molar-refractivity contribution < 1.29 is 22.0 Å². The van der Waals surface area contributed by atoms with Gasteiger partial charge in [0.2, 0.25) is 10.0 Å². The third kappa shape index (κ3) is 5.04. The molecule has 4 rings (SSSR count). The molecule has 31 heavy (non-hydrogen) atoms. The average Bonchev–Trinajstić information content (AvgIpc) is 3.00. The highest BCUT2D eigenvalue weighted by atomic mass is 32.2. The summed E-state index contributed by atoms with van der Waals surface area (Å²) in [6.45, 7) is 1.90. The number of carbonyl (C=O) groups excluding carboxylic acids is 1. The summed E-state index contributed by atoms with van der Waals surface area (Å²) >= 11 is 0. The molecule has 0 aromatic heterocycles. The number of likely N-dealkylation sites (tertiary alicyclic amines) is 2. The first-order valence-electron chi connectivity index (χ1n) is 10.3. The molecule has 0 spiro atoms. The lowest BCUT2D eigenvalue weighted by molar-refractivity contribution is 0.120. The van der Waals surface area contributed by atoms with Crippen LogP contribution in [0.3, 0.4) is 0 Å². The van der Waals surface area contributed by atoms with E-state index < -0.39 is 27.7 Å². The fourth-order valence-electron chi connectivity index (χ4n) is 4.29. The first-order chi connectivity index (χ1) is 14.7. The standard InChI is InChI=1S/C22H25F2N3O3S/c1-31(29,30)25-20-6-9-27(22(28)26-7-3-8-26)21(20)11-15-4-2-5-16(10-15)17-12-18(23)14-19(24)13-17/h2,4-5,10,12-14,20-21,25H,3,6-9,11H2,1H3/t20-,21-/m0/s1. The molecule has 2 aliphatic rings. The van der Waals surface area contributed by atoms with Gasteiger partial charge in [-0.3, -0.25) is 0 Å². The molecular formula is C22H25F2N3O3S. The third-order valence-corrected chi connectivity index (χ3v) is 6.58. The van der Waals surface area contributed by atoms with Crippen LogP contribution in [-0.4, -0.2) is 62.2 Å². The predicted octanol–water partition coefficient (Wildman–Crippen LogP) is 2.99. The Morgan fingerprint density at radius 1 is 1.06 bits per heavy atom. The second-order valence-electron chi connectivity index (χ2n) is 8.23. The lowest BCUT2D eigenvalue weighted by atomic mass is 9.97. The van der Waals surface area contributed by atoms with Crippen molar-refractivity contribution >= 4 is 16.1 Å². The van der Waals surface area contributed by atoms with E-state index in [9.17, 15) is 22.0 Å². The van der Waals surface area contributed by atoms with Crippen molar-refractivity contribution in [3.05, 3.63) is 59.7 Å². The third-order valence-electron chi connectivity index (χ3n) is 5.85. The smallest absolute Gasteiger partial charge is 0.320 e. The van der Waals surface area contributed by atoms with Gasteiger partial charge >= 0.3 is 6.03 Å². The van der Waals surface area contributed by atoms with Gasteiger partial charge in [0, 0.05) is 31.7 Å². The van der Waals surface area contributed by atoms with Crippen molar-refractivity contribution in [3.8, 4) is 11.1 Å². The zero-order chi connectivity index (χ0) is 22.2. The number of hydrogen-bond acceptors (Lipinski definition) is 3. The van der Waals surface area contributed by atoms with E-state index in [4.69, 9.17) is 0 Å². The first-order valence-corrected chi connectivity index (χ1v) is 12.2. The van der Waals surface area contributed by atoms with Crippen LogP contribution in [0.15, 0.2) is 42.5 Å². The summed E-state index contributed by atoms with van der Waals surface area (Å²) < 4.78 is 53.7. The Labute approximate surface area is 180 Å². The van der Waals surface area contributed by atoms with Crippen molar-refractivity contribution in [3.63, 3.8) is 0 Å². The number of halogens is 2. The highest BCUT2D eigenvalue weighted by Gasteiger charge is 2.40. The number of amides is 2. The first kappa shape index (κ1) is 21.7. The fourth-order valence-corrected chi connectivity index (χ4v) is 5.11. The van der Waals surface area contributed by atoms with Crippen LogP contribution < -0.4 is 4.72 Å². The highest BCUT2D eigenvalue weighted by Crippen LogP contribution is 2.28. The maximum atomic E-state index is 13.7. The zero-order valence-corrected chi connectivity index (χ0v) is 18.0. The molecule has 2 aromatic rings. The van der Waals surface area contributed by atoms with Crippen LogP contribution in [0.1, 0.15) is 18.4 Å². The van der Waals surface area contributed by atoms with Gasteiger partial charge in [-0.15, -0.1) is 0 Å². The topological polar surface area (TPSA) is 69.7 Å². The number of nitrogens with zero attached hydrogens (tertiary/aromatic N) is 2. The van der Waals surface area contributed by atoms with Gasteiger partial charge in [0.15, 0.2) is 0 Å². The number of benzene rings is 2. The molecule has 1 N–H and O–H groups in total. The molecule has 2 aliphatic heterocycles. The van der Waals surface area contributed by atoms with Crippen LogP contribution in [0, 0.1) is 11.6 Å². The Bertz CT molecular complexity index is 1070. The minimum Gasteiger partial charge on any atom is -0.325 e. The Morgan fingerprint density at radius 2 is 1.77 bits per heavy atom. The molecule has 2 atom stereocenters. The molecule has 0 unspecified atom stereocenters. The Balaban J connectivity index is 1.61. The molecule has 2 aromatic carbocycles. The minimum absolute atomic E-state index is 0.0718. The van der Waals surface area contributed by atoms with Gasteiger partial charge in [0.05, 0.1) is 12.3 Å². The molecule has 2 fully saturated rings. The lowest BCUT2D eigenvalue weighted by Gasteiger charge is -2.37. The molecule has 2 amide bonds. The number of rotatable bonds is 5. The van der Waals surface area contributed by atoms with Crippen LogP contribution in [0.25, 0.3) is 11.1 Å². The van der Waals surface area contributed by atoms with E-state index >= 15 is 0 Å². The van der Waals surface area contributed by atoms with Crippen molar-refractivity contribution in [2.24, 2.45) is 0 Å². The van der Waals surface area contributed by atoms with Crippen molar-refractivity contribution in [1.82, 2.24) is 14.5 Å². The molecule has 0 saturated carbocycles. The van der Waals surface area contributed by atoms with Crippen LogP contribution >= 0.6 is 0 Å². The molecule has 0 aliphatic carbocycles. The van der Waals surface area contributed by atoms with Gasteiger partial charge in [-0.05, 0) is 48.1 Å². The summed E-state index contributed by atoms with van der Waals surface area (Å²) in [4.78, 5) is 16.4. The van der Waals surface area contributed by atoms with E-state index in [2.05, 4.69) is 4.72 Å². The molecular weight excluding hydrogens is 424 g/mol. The fraction of sp³-hybridized carbons (Fsp3) is 0.409. The van der Waals surface area contributed by atoms with E-state index in [1.54, 1.807) is 21.9 Å². The molecule has 0 bridgehead atoms. The molecule has 0 radical (unpaired) electrons. The van der Waals surface area contributed by atoms with Crippen LogP contribution in [0.4, 0.5) is 13.6 Å². The van der Waals surface area contributed by atoms with E-state index in [1.165, 1.54) is 12.1 Å². The van der Waals surface area contributed by atoms with E-state index in [0.717, 1.165) is 24.3 Å². The number of sulfonamides is 1. The van der Waals surface area contributed by atoms with Crippen LogP contribution in [0.2, 0.25) is 0 Å². The monoisotopic (exact) mass is 449 g/mol. The van der Waals surface area contributed by atoms with Gasteiger partial charge in [-0.2, -0.15) is 0 Å². The second-order valence-corrected chi connectivity index (χ2v) is 10.0. The summed E-state index contributed by atoms with van der Waals surface area (Å²) in [7, 11) is -3.44. The zero-order valence-electron chi connectivity index (χ0n) is 17.2. The van der Waals surface area contributed by atoms with E-state index in [-0.39, 0.29) is 12.1 Å². The Kier molecular flexibility index (Phi) is 5.98.